The van der Waals surface area contributed by atoms with Gasteiger partial charge in [0.15, 0.2) is 28.8 Å². The van der Waals surface area contributed by atoms with Crippen LogP contribution in [0.15, 0.2) is 61.1 Å². The largest absolute Gasteiger partial charge is 0.472 e. The monoisotopic (exact) mass is 522 g/mol. The van der Waals surface area contributed by atoms with Crippen LogP contribution in [-0.4, -0.2) is 29.5 Å². The summed E-state index contributed by atoms with van der Waals surface area (Å²) in [6.45, 7) is 4.07. The minimum atomic E-state index is -4.65. The highest BCUT2D eigenvalue weighted by Crippen LogP contribution is 2.32. The third-order valence-corrected chi connectivity index (χ3v) is 5.91. The Kier molecular flexibility index (Phi) is 6.52. The fourth-order valence-electron chi connectivity index (χ4n) is 4.06. The molecule has 38 heavy (non-hydrogen) atoms. The SMILES string of the molecule is CC(C)c1ccccc1-c1nc(OCc2cnc(-c3nc(C(F)(F)F)cn3C)c(F)c2)c2cccnc2n1. The molecule has 7 nitrogen and oxygen atoms in total. The summed E-state index contributed by atoms with van der Waals surface area (Å²) < 4.78 is 61.0. The fraction of sp³-hybridized carbons (Fsp3) is 0.222. The number of nitrogens with zero attached hydrogens (tertiary/aromatic N) is 6. The van der Waals surface area contributed by atoms with Crippen LogP contribution in [0, 0.1) is 5.82 Å². The van der Waals surface area contributed by atoms with E-state index in [-0.39, 0.29) is 29.9 Å². The van der Waals surface area contributed by atoms with E-state index in [1.165, 1.54) is 13.2 Å². The summed E-state index contributed by atoms with van der Waals surface area (Å²) in [4.78, 5) is 21.2. The predicted molar refractivity (Wildman–Crippen MR) is 133 cm³/mol. The smallest absolute Gasteiger partial charge is 0.434 e. The van der Waals surface area contributed by atoms with Crippen LogP contribution in [0.3, 0.4) is 0 Å². The number of alkyl halides is 3. The molecule has 0 N–H and O–H groups in total. The summed E-state index contributed by atoms with van der Waals surface area (Å²) in [5.41, 5.74) is 1.31. The molecular weight excluding hydrogens is 500 g/mol. The Morgan fingerprint density at radius 2 is 1.79 bits per heavy atom. The first kappa shape index (κ1) is 25.2. The molecule has 4 aromatic heterocycles. The molecule has 0 amide bonds. The van der Waals surface area contributed by atoms with Gasteiger partial charge in [-0.3, -0.25) is 0 Å². The first-order chi connectivity index (χ1) is 18.1. The van der Waals surface area contributed by atoms with E-state index < -0.39 is 17.7 Å². The van der Waals surface area contributed by atoms with Crippen LogP contribution in [0.4, 0.5) is 17.6 Å². The lowest BCUT2D eigenvalue weighted by Gasteiger charge is -2.14. The molecule has 0 radical (unpaired) electrons. The van der Waals surface area contributed by atoms with Gasteiger partial charge in [0.25, 0.3) is 0 Å². The van der Waals surface area contributed by atoms with Gasteiger partial charge in [0, 0.05) is 36.8 Å². The standard InChI is InChI=1S/C27H22F4N6O/c1-15(2)17-7-4-5-8-18(17)24-35-23-19(9-6-10-32-23)26(36-24)38-14-16-11-20(28)22(33-12-16)25-34-21(13-37(25)3)27(29,30)31/h4-13,15H,14H2,1-3H3. The second kappa shape index (κ2) is 9.81. The van der Waals surface area contributed by atoms with Gasteiger partial charge in [-0.05, 0) is 29.7 Å². The number of aryl methyl sites for hydroxylation is 1. The first-order valence-electron chi connectivity index (χ1n) is 11.7. The van der Waals surface area contributed by atoms with Crippen molar-refractivity contribution in [2.45, 2.75) is 32.5 Å². The molecule has 11 heteroatoms. The molecule has 0 atom stereocenters. The predicted octanol–water partition coefficient (Wildman–Crippen LogP) is 6.35. The van der Waals surface area contributed by atoms with Crippen molar-refractivity contribution in [3.8, 4) is 28.8 Å². The van der Waals surface area contributed by atoms with Gasteiger partial charge in [0.05, 0.1) is 5.39 Å². The zero-order valence-electron chi connectivity index (χ0n) is 20.7. The van der Waals surface area contributed by atoms with Crippen LogP contribution >= 0.6 is 0 Å². The molecule has 194 valence electrons. The molecule has 5 aromatic rings. The molecule has 1 aromatic carbocycles. The van der Waals surface area contributed by atoms with E-state index in [0.717, 1.165) is 28.0 Å². The van der Waals surface area contributed by atoms with E-state index in [0.29, 0.717) is 22.4 Å². The van der Waals surface area contributed by atoms with Crippen molar-refractivity contribution in [2.24, 2.45) is 7.05 Å². The second-order valence-corrected chi connectivity index (χ2v) is 8.99. The van der Waals surface area contributed by atoms with E-state index >= 15 is 0 Å². The Bertz CT molecular complexity index is 1630. The summed E-state index contributed by atoms with van der Waals surface area (Å²) in [7, 11) is 1.35. The van der Waals surface area contributed by atoms with Gasteiger partial charge in [-0.25, -0.2) is 24.3 Å². The van der Waals surface area contributed by atoms with Crippen molar-refractivity contribution >= 4 is 11.0 Å². The third kappa shape index (κ3) is 4.91. The van der Waals surface area contributed by atoms with Crippen LogP contribution < -0.4 is 4.74 Å². The van der Waals surface area contributed by atoms with Crippen LogP contribution in [0.5, 0.6) is 5.88 Å². The number of pyridine rings is 2. The van der Waals surface area contributed by atoms with Crippen LogP contribution in [0.1, 0.15) is 36.6 Å². The number of hydrogen-bond donors (Lipinski definition) is 0. The molecule has 0 fully saturated rings. The Morgan fingerprint density at radius 3 is 2.50 bits per heavy atom. The zero-order valence-corrected chi connectivity index (χ0v) is 20.7. The lowest BCUT2D eigenvalue weighted by atomic mass is 9.97. The molecule has 0 aliphatic rings. The molecule has 0 aliphatic carbocycles. The quantitative estimate of drug-likeness (QED) is 0.242. The van der Waals surface area contributed by atoms with Crippen LogP contribution in [0.2, 0.25) is 0 Å². The summed E-state index contributed by atoms with van der Waals surface area (Å²) in [5, 5.41) is 0.580. The Hall–Kier alpha value is -4.41. The molecule has 0 unspecified atom stereocenters. The van der Waals surface area contributed by atoms with Crippen molar-refractivity contribution in [3.05, 3.63) is 83.7 Å². The maximum Gasteiger partial charge on any atom is 0.434 e. The minimum Gasteiger partial charge on any atom is -0.472 e. The number of fused-ring (bicyclic) bond motifs is 1. The zero-order chi connectivity index (χ0) is 27.0. The number of imidazole rings is 1. The van der Waals surface area contributed by atoms with Crippen LogP contribution in [0.25, 0.3) is 33.9 Å². The summed E-state index contributed by atoms with van der Waals surface area (Å²) in [5.74, 6) is -0.111. The maximum absolute atomic E-state index is 14.9. The minimum absolute atomic E-state index is 0.0924. The number of ether oxygens (including phenoxy) is 1. The molecule has 4 heterocycles. The molecule has 0 spiro atoms. The second-order valence-electron chi connectivity index (χ2n) is 8.99. The summed E-state index contributed by atoms with van der Waals surface area (Å²) >= 11 is 0. The number of aromatic nitrogens is 6. The van der Waals surface area contributed by atoms with Gasteiger partial charge in [-0.15, -0.1) is 0 Å². The third-order valence-electron chi connectivity index (χ3n) is 5.91. The summed E-state index contributed by atoms with van der Waals surface area (Å²) in [6.07, 6.45) is -0.908. The van der Waals surface area contributed by atoms with Gasteiger partial charge < -0.3 is 9.30 Å². The number of hydrogen-bond acceptors (Lipinski definition) is 6. The molecular formula is C27H22F4N6O. The van der Waals surface area contributed by atoms with Crippen molar-refractivity contribution in [3.63, 3.8) is 0 Å². The van der Waals surface area contributed by atoms with E-state index in [4.69, 9.17) is 4.74 Å². The van der Waals surface area contributed by atoms with Gasteiger partial charge >= 0.3 is 6.18 Å². The molecule has 0 saturated carbocycles. The topological polar surface area (TPSA) is 78.6 Å². The van der Waals surface area contributed by atoms with Crippen LogP contribution in [-0.2, 0) is 19.8 Å². The van der Waals surface area contributed by atoms with Gasteiger partial charge in [-0.2, -0.15) is 18.2 Å². The van der Waals surface area contributed by atoms with E-state index in [9.17, 15) is 17.6 Å². The highest BCUT2D eigenvalue weighted by atomic mass is 19.4. The molecule has 0 bridgehead atoms. The Labute approximate surface area is 215 Å². The fourth-order valence-corrected chi connectivity index (χ4v) is 4.06. The molecule has 0 saturated heterocycles. The lowest BCUT2D eigenvalue weighted by Crippen LogP contribution is -2.05. The Balaban J connectivity index is 1.46. The number of halogens is 4. The maximum atomic E-state index is 14.9. The van der Waals surface area contributed by atoms with E-state index in [2.05, 4.69) is 38.8 Å². The highest BCUT2D eigenvalue weighted by molar-refractivity contribution is 5.82. The van der Waals surface area contributed by atoms with E-state index in [1.807, 2.05) is 24.3 Å². The van der Waals surface area contributed by atoms with Crippen molar-refractivity contribution in [2.75, 3.05) is 0 Å². The van der Waals surface area contributed by atoms with Crippen molar-refractivity contribution in [1.29, 1.82) is 0 Å². The van der Waals surface area contributed by atoms with Gasteiger partial charge in [0.2, 0.25) is 5.88 Å². The lowest BCUT2D eigenvalue weighted by molar-refractivity contribution is -0.140. The average molecular weight is 523 g/mol. The number of rotatable bonds is 6. The average Bonchev–Trinajstić information content (AvgIpc) is 3.29. The first-order valence-corrected chi connectivity index (χ1v) is 11.7. The van der Waals surface area contributed by atoms with Crippen molar-refractivity contribution in [1.82, 2.24) is 29.5 Å². The number of benzene rings is 1. The molecule has 5 rings (SSSR count). The van der Waals surface area contributed by atoms with Gasteiger partial charge in [-0.1, -0.05) is 38.1 Å². The highest BCUT2D eigenvalue weighted by Gasteiger charge is 2.35. The molecule has 0 aliphatic heterocycles. The summed E-state index contributed by atoms with van der Waals surface area (Å²) in [6, 6.07) is 12.5. The normalized spacial score (nSPS) is 11.9. The Morgan fingerprint density at radius 1 is 1.00 bits per heavy atom. The van der Waals surface area contributed by atoms with Crippen molar-refractivity contribution < 1.29 is 22.3 Å². The van der Waals surface area contributed by atoms with Gasteiger partial charge in [0.1, 0.15) is 12.3 Å². The van der Waals surface area contributed by atoms with E-state index in [1.54, 1.807) is 18.3 Å².